The normalized spacial score (nSPS) is 11.6. The molecule has 3 heterocycles. The highest BCUT2D eigenvalue weighted by atomic mass is 15.3. The van der Waals surface area contributed by atoms with E-state index >= 15 is 0 Å². The summed E-state index contributed by atoms with van der Waals surface area (Å²) in [7, 11) is 0. The zero-order valence-corrected chi connectivity index (χ0v) is 17.4. The first kappa shape index (κ1) is 17.6. The number of benzene rings is 2. The minimum Gasteiger partial charge on any atom is -0.298 e. The molecule has 5 nitrogen and oxygen atoms in total. The first-order valence-corrected chi connectivity index (χ1v) is 9.81. The molecular weight excluding hydrogens is 358 g/mol. The van der Waals surface area contributed by atoms with E-state index in [2.05, 4.69) is 74.6 Å². The molecular formula is C24H23N5. The molecule has 5 rings (SSSR count). The third-order valence-corrected chi connectivity index (χ3v) is 5.70. The van der Waals surface area contributed by atoms with Crippen LogP contribution in [0.1, 0.15) is 27.9 Å². The van der Waals surface area contributed by atoms with E-state index in [9.17, 15) is 0 Å². The molecule has 0 fully saturated rings. The number of fused-ring (bicyclic) bond motifs is 3. The highest BCUT2D eigenvalue weighted by molar-refractivity contribution is 5.95. The number of hydrogen-bond donors (Lipinski definition) is 0. The van der Waals surface area contributed by atoms with Gasteiger partial charge >= 0.3 is 0 Å². The lowest BCUT2D eigenvalue weighted by atomic mass is 10.1. The van der Waals surface area contributed by atoms with Crippen LogP contribution in [0.5, 0.6) is 0 Å². The van der Waals surface area contributed by atoms with Crippen LogP contribution in [-0.2, 0) is 0 Å². The van der Waals surface area contributed by atoms with Crippen LogP contribution < -0.4 is 0 Å². The molecule has 0 amide bonds. The first-order valence-electron chi connectivity index (χ1n) is 9.81. The van der Waals surface area contributed by atoms with Crippen molar-refractivity contribution in [2.75, 3.05) is 0 Å². The maximum atomic E-state index is 4.90. The predicted molar refractivity (Wildman–Crippen MR) is 117 cm³/mol. The third-order valence-electron chi connectivity index (χ3n) is 5.70. The van der Waals surface area contributed by atoms with Crippen molar-refractivity contribution in [3.63, 3.8) is 0 Å². The summed E-state index contributed by atoms with van der Waals surface area (Å²) in [5.74, 6) is 0.722. The smallest absolute Gasteiger partial charge is 0.182 e. The molecule has 0 saturated carbocycles. The Kier molecular flexibility index (Phi) is 3.81. The van der Waals surface area contributed by atoms with Crippen LogP contribution in [0.25, 0.3) is 33.8 Å². The summed E-state index contributed by atoms with van der Waals surface area (Å²) >= 11 is 0. The van der Waals surface area contributed by atoms with E-state index < -0.39 is 0 Å². The maximum absolute atomic E-state index is 4.90. The van der Waals surface area contributed by atoms with Crippen LogP contribution in [0.2, 0.25) is 0 Å². The molecule has 29 heavy (non-hydrogen) atoms. The molecule has 0 aliphatic carbocycles. The van der Waals surface area contributed by atoms with Gasteiger partial charge in [-0.05, 0) is 57.9 Å². The summed E-state index contributed by atoms with van der Waals surface area (Å²) < 4.78 is 4.03. The first-order chi connectivity index (χ1) is 13.9. The number of aryl methyl sites for hydroxylation is 4. The summed E-state index contributed by atoms with van der Waals surface area (Å²) in [6.07, 6.45) is 1.77. The predicted octanol–water partition coefficient (Wildman–Crippen LogP) is 5.28. The van der Waals surface area contributed by atoms with Crippen molar-refractivity contribution in [3.8, 4) is 17.1 Å². The van der Waals surface area contributed by atoms with Gasteiger partial charge in [0.2, 0.25) is 0 Å². The molecule has 2 aromatic carbocycles. The number of rotatable bonds is 2. The Bertz CT molecular complexity index is 1400. The second kappa shape index (κ2) is 6.27. The van der Waals surface area contributed by atoms with Crippen molar-refractivity contribution in [1.82, 2.24) is 24.1 Å². The number of nitrogens with zero attached hydrogens (tertiary/aromatic N) is 5. The van der Waals surface area contributed by atoms with E-state index in [1.54, 1.807) is 10.8 Å². The minimum atomic E-state index is 0.722. The summed E-state index contributed by atoms with van der Waals surface area (Å²) in [5.41, 5.74) is 9.97. The van der Waals surface area contributed by atoms with E-state index in [-0.39, 0.29) is 0 Å². The van der Waals surface area contributed by atoms with Gasteiger partial charge in [-0.2, -0.15) is 0 Å². The van der Waals surface area contributed by atoms with Crippen LogP contribution >= 0.6 is 0 Å². The van der Waals surface area contributed by atoms with Crippen molar-refractivity contribution in [3.05, 3.63) is 76.7 Å². The molecule has 144 valence electrons. The van der Waals surface area contributed by atoms with Gasteiger partial charge in [-0.1, -0.05) is 41.5 Å². The van der Waals surface area contributed by atoms with Gasteiger partial charge in [0.25, 0.3) is 0 Å². The van der Waals surface area contributed by atoms with Gasteiger partial charge < -0.3 is 0 Å². The van der Waals surface area contributed by atoms with Crippen molar-refractivity contribution < 1.29 is 0 Å². The van der Waals surface area contributed by atoms with Crippen LogP contribution in [0.15, 0.2) is 48.8 Å². The van der Waals surface area contributed by atoms with Gasteiger partial charge in [-0.15, -0.1) is 5.10 Å². The van der Waals surface area contributed by atoms with Crippen LogP contribution in [0, 0.1) is 34.6 Å². The Hall–Kier alpha value is -3.47. The fraction of sp³-hybridized carbons (Fsp3) is 0.208. The highest BCUT2D eigenvalue weighted by Crippen LogP contribution is 2.31. The van der Waals surface area contributed by atoms with Gasteiger partial charge in [0.1, 0.15) is 6.33 Å². The molecule has 0 atom stereocenters. The fourth-order valence-corrected chi connectivity index (χ4v) is 4.12. The fourth-order valence-electron chi connectivity index (χ4n) is 4.12. The molecule has 0 bridgehead atoms. The Morgan fingerprint density at radius 3 is 2.38 bits per heavy atom. The summed E-state index contributed by atoms with van der Waals surface area (Å²) in [5, 5.41) is 5.74. The molecule has 5 aromatic rings. The topological polar surface area (TPSA) is 48.0 Å². The highest BCUT2D eigenvalue weighted by Gasteiger charge is 2.20. The molecule has 3 aromatic heterocycles. The monoisotopic (exact) mass is 381 g/mol. The average Bonchev–Trinajstić information content (AvgIpc) is 3.22. The molecule has 0 unspecified atom stereocenters. The van der Waals surface area contributed by atoms with Crippen LogP contribution in [-0.4, -0.2) is 24.1 Å². The van der Waals surface area contributed by atoms with Crippen LogP contribution in [0.3, 0.4) is 0 Å². The second-order valence-corrected chi connectivity index (χ2v) is 7.85. The second-order valence-electron chi connectivity index (χ2n) is 7.85. The van der Waals surface area contributed by atoms with Crippen molar-refractivity contribution in [2.24, 2.45) is 0 Å². The number of hydrogen-bond acceptors (Lipinski definition) is 3. The lowest BCUT2D eigenvalue weighted by molar-refractivity contribution is 0.925. The van der Waals surface area contributed by atoms with Gasteiger partial charge in [-0.25, -0.2) is 14.5 Å². The van der Waals surface area contributed by atoms with Gasteiger partial charge in [0, 0.05) is 11.3 Å². The quantitative estimate of drug-likeness (QED) is 0.418. The van der Waals surface area contributed by atoms with E-state index in [0.29, 0.717) is 0 Å². The largest absolute Gasteiger partial charge is 0.298 e. The Balaban J connectivity index is 1.80. The van der Waals surface area contributed by atoms with Gasteiger partial charge in [0.15, 0.2) is 17.1 Å². The maximum Gasteiger partial charge on any atom is 0.182 e. The molecule has 0 aliphatic heterocycles. The molecule has 0 aliphatic rings. The zero-order chi connectivity index (χ0) is 20.3. The summed E-state index contributed by atoms with van der Waals surface area (Å²) in [6, 6.07) is 14.8. The van der Waals surface area contributed by atoms with E-state index in [4.69, 9.17) is 9.97 Å². The zero-order valence-electron chi connectivity index (χ0n) is 17.4. The Morgan fingerprint density at radius 2 is 1.62 bits per heavy atom. The lowest BCUT2D eigenvalue weighted by Crippen LogP contribution is -2.01. The SMILES string of the molecule is Cc1cccc(-c2nc3c4c(C)c(C)n(-c5ccc(C)cc5C)c4ncn3n2)c1. The van der Waals surface area contributed by atoms with E-state index in [0.717, 1.165) is 33.8 Å². The van der Waals surface area contributed by atoms with Crippen molar-refractivity contribution >= 4 is 16.7 Å². The Morgan fingerprint density at radius 1 is 0.828 bits per heavy atom. The molecule has 0 radical (unpaired) electrons. The minimum absolute atomic E-state index is 0.722. The summed E-state index contributed by atoms with van der Waals surface area (Å²) in [6.45, 7) is 10.6. The third kappa shape index (κ3) is 2.65. The summed E-state index contributed by atoms with van der Waals surface area (Å²) in [4.78, 5) is 9.68. The van der Waals surface area contributed by atoms with Crippen LogP contribution in [0.4, 0.5) is 0 Å². The molecule has 0 saturated heterocycles. The van der Waals surface area contributed by atoms with Gasteiger partial charge in [-0.3, -0.25) is 4.57 Å². The Labute approximate surface area is 169 Å². The van der Waals surface area contributed by atoms with E-state index in [1.807, 2.05) is 12.1 Å². The average molecular weight is 381 g/mol. The van der Waals surface area contributed by atoms with E-state index in [1.165, 1.54) is 27.9 Å². The molecule has 0 N–H and O–H groups in total. The molecule has 5 heteroatoms. The molecule has 0 spiro atoms. The standard InChI is InChI=1S/C24H23N5/c1-14-7-6-8-19(12-14)22-26-24-21-17(4)18(5)29(23(21)25-13-28(24)27-22)20-10-9-15(2)11-16(20)3/h6-13H,1-5H3. The van der Waals surface area contributed by atoms with Crippen molar-refractivity contribution in [1.29, 1.82) is 0 Å². The van der Waals surface area contributed by atoms with Gasteiger partial charge in [0.05, 0.1) is 11.1 Å². The van der Waals surface area contributed by atoms with Crippen molar-refractivity contribution in [2.45, 2.75) is 34.6 Å². The lowest BCUT2D eigenvalue weighted by Gasteiger charge is -2.12. The number of aromatic nitrogens is 5.